The van der Waals surface area contributed by atoms with Gasteiger partial charge in [-0.1, -0.05) is 18.2 Å². The molecule has 0 aromatic heterocycles. The third-order valence-electron chi connectivity index (χ3n) is 3.62. The minimum Gasteiger partial charge on any atom is -0.497 e. The monoisotopic (exact) mass is 344 g/mol. The Balaban J connectivity index is 2.41. The molecule has 0 radical (unpaired) electrons. The molecule has 2 aromatic carbocycles. The Morgan fingerprint density at radius 1 is 1.04 bits per heavy atom. The quantitative estimate of drug-likeness (QED) is 0.554. The molecule has 0 aliphatic rings. The predicted molar refractivity (Wildman–Crippen MR) is 95.1 cm³/mol. The van der Waals surface area contributed by atoms with Crippen molar-refractivity contribution in [2.24, 2.45) is 0 Å². The summed E-state index contributed by atoms with van der Waals surface area (Å²) in [7, 11) is 3.06. The number of benzene rings is 2. The molecule has 2 aromatic rings. The minimum absolute atomic E-state index is 0.0247. The fraction of sp³-hybridized carbons (Fsp3) is 0.250. The molecule has 5 heteroatoms. The number of methoxy groups -OCH3 is 2. The SMILES string of the molecule is CCOC(=O)CC(=Cc1ccc(OC)cc1)c1ccc(OC)cc1F. The Morgan fingerprint density at radius 3 is 2.24 bits per heavy atom. The smallest absolute Gasteiger partial charge is 0.310 e. The Hall–Kier alpha value is -2.82. The molecular formula is C20H21FO4. The van der Waals surface area contributed by atoms with Crippen molar-refractivity contribution in [2.45, 2.75) is 13.3 Å². The summed E-state index contributed by atoms with van der Waals surface area (Å²) in [4.78, 5) is 11.9. The van der Waals surface area contributed by atoms with Crippen LogP contribution in [0.5, 0.6) is 11.5 Å². The van der Waals surface area contributed by atoms with Gasteiger partial charge in [-0.3, -0.25) is 4.79 Å². The molecule has 0 spiro atoms. The summed E-state index contributed by atoms with van der Waals surface area (Å²) in [5, 5.41) is 0. The van der Waals surface area contributed by atoms with Gasteiger partial charge >= 0.3 is 5.97 Å². The maximum absolute atomic E-state index is 14.5. The van der Waals surface area contributed by atoms with Gasteiger partial charge in [-0.15, -0.1) is 0 Å². The lowest BCUT2D eigenvalue weighted by atomic mass is 9.99. The second-order valence-electron chi connectivity index (χ2n) is 5.27. The van der Waals surface area contributed by atoms with Crippen LogP contribution >= 0.6 is 0 Å². The van der Waals surface area contributed by atoms with Crippen molar-refractivity contribution >= 4 is 17.6 Å². The van der Waals surface area contributed by atoms with E-state index in [1.807, 2.05) is 12.1 Å². The second-order valence-corrected chi connectivity index (χ2v) is 5.27. The van der Waals surface area contributed by atoms with Crippen LogP contribution in [0.2, 0.25) is 0 Å². The van der Waals surface area contributed by atoms with E-state index in [2.05, 4.69) is 0 Å². The largest absolute Gasteiger partial charge is 0.497 e. The lowest BCUT2D eigenvalue weighted by Crippen LogP contribution is -2.05. The van der Waals surface area contributed by atoms with Crippen molar-refractivity contribution in [1.29, 1.82) is 0 Å². The second kappa shape index (κ2) is 8.87. The van der Waals surface area contributed by atoms with Gasteiger partial charge in [-0.2, -0.15) is 0 Å². The highest BCUT2D eigenvalue weighted by Crippen LogP contribution is 2.28. The van der Waals surface area contributed by atoms with Crippen molar-refractivity contribution in [3.8, 4) is 11.5 Å². The number of ether oxygens (including phenoxy) is 3. The van der Waals surface area contributed by atoms with E-state index in [0.717, 1.165) is 11.3 Å². The van der Waals surface area contributed by atoms with E-state index < -0.39 is 11.8 Å². The zero-order valence-electron chi connectivity index (χ0n) is 14.5. The molecule has 0 aliphatic carbocycles. The van der Waals surface area contributed by atoms with Crippen LogP contribution in [0.4, 0.5) is 4.39 Å². The van der Waals surface area contributed by atoms with E-state index in [1.165, 1.54) is 13.2 Å². The van der Waals surface area contributed by atoms with Gasteiger partial charge in [-0.25, -0.2) is 4.39 Å². The highest BCUT2D eigenvalue weighted by Gasteiger charge is 2.14. The highest BCUT2D eigenvalue weighted by atomic mass is 19.1. The molecule has 0 bridgehead atoms. The average Bonchev–Trinajstić information content (AvgIpc) is 2.62. The first-order chi connectivity index (χ1) is 12.1. The van der Waals surface area contributed by atoms with E-state index in [-0.39, 0.29) is 13.0 Å². The lowest BCUT2D eigenvalue weighted by Gasteiger charge is -2.11. The Bertz CT molecular complexity index is 751. The Labute approximate surface area is 146 Å². The van der Waals surface area contributed by atoms with Crippen LogP contribution in [0, 0.1) is 5.82 Å². The third-order valence-corrected chi connectivity index (χ3v) is 3.62. The normalized spacial score (nSPS) is 11.1. The molecule has 132 valence electrons. The number of hydrogen-bond acceptors (Lipinski definition) is 4. The van der Waals surface area contributed by atoms with Gasteiger partial charge in [0.2, 0.25) is 0 Å². The topological polar surface area (TPSA) is 44.8 Å². The van der Waals surface area contributed by atoms with Crippen LogP contribution in [0.1, 0.15) is 24.5 Å². The van der Waals surface area contributed by atoms with Gasteiger partial charge < -0.3 is 14.2 Å². The highest BCUT2D eigenvalue weighted by molar-refractivity contribution is 5.92. The molecule has 25 heavy (non-hydrogen) atoms. The molecule has 0 heterocycles. The molecule has 0 unspecified atom stereocenters. The number of carbonyl (C=O) groups excluding carboxylic acids is 1. The van der Waals surface area contributed by atoms with Gasteiger partial charge in [0.15, 0.2) is 0 Å². The molecule has 0 fully saturated rings. The van der Waals surface area contributed by atoms with Gasteiger partial charge in [0.1, 0.15) is 17.3 Å². The van der Waals surface area contributed by atoms with Gasteiger partial charge in [0, 0.05) is 11.6 Å². The predicted octanol–water partition coefficient (Wildman–Crippen LogP) is 4.34. The fourth-order valence-electron chi connectivity index (χ4n) is 2.38. The summed E-state index contributed by atoms with van der Waals surface area (Å²) in [6.07, 6.45) is 1.74. The van der Waals surface area contributed by atoms with Crippen LogP contribution in [-0.4, -0.2) is 26.8 Å². The van der Waals surface area contributed by atoms with Crippen LogP contribution in [-0.2, 0) is 9.53 Å². The summed E-state index contributed by atoms with van der Waals surface area (Å²) in [6.45, 7) is 2.01. The first-order valence-corrected chi connectivity index (χ1v) is 7.91. The maximum Gasteiger partial charge on any atom is 0.310 e. The van der Waals surface area contributed by atoms with E-state index in [1.54, 1.807) is 44.4 Å². The summed E-state index contributed by atoms with van der Waals surface area (Å²) in [5.41, 5.74) is 1.70. The number of carbonyl (C=O) groups is 1. The first kappa shape index (κ1) is 18.5. The molecule has 0 N–H and O–H groups in total. The van der Waals surface area contributed by atoms with E-state index in [0.29, 0.717) is 16.9 Å². The van der Waals surface area contributed by atoms with Gasteiger partial charge in [-0.05, 0) is 42.3 Å². The maximum atomic E-state index is 14.5. The van der Waals surface area contributed by atoms with Crippen molar-refractivity contribution in [3.05, 3.63) is 59.4 Å². The fourth-order valence-corrected chi connectivity index (χ4v) is 2.38. The van der Waals surface area contributed by atoms with Crippen molar-refractivity contribution in [1.82, 2.24) is 0 Å². The molecule has 0 atom stereocenters. The van der Waals surface area contributed by atoms with Gasteiger partial charge in [0.25, 0.3) is 0 Å². The van der Waals surface area contributed by atoms with E-state index >= 15 is 0 Å². The average molecular weight is 344 g/mol. The number of hydrogen-bond donors (Lipinski definition) is 0. The summed E-state index contributed by atoms with van der Waals surface area (Å²) in [5.74, 6) is 0.279. The first-order valence-electron chi connectivity index (χ1n) is 7.91. The summed E-state index contributed by atoms with van der Waals surface area (Å²) < 4.78 is 29.6. The van der Waals surface area contributed by atoms with E-state index in [4.69, 9.17) is 14.2 Å². The zero-order valence-corrected chi connectivity index (χ0v) is 14.5. The Kier molecular flexibility index (Phi) is 6.57. The number of rotatable bonds is 7. The van der Waals surface area contributed by atoms with E-state index in [9.17, 15) is 9.18 Å². The molecular weight excluding hydrogens is 323 g/mol. The number of esters is 1. The summed E-state index contributed by atoms with van der Waals surface area (Å²) in [6, 6.07) is 11.8. The van der Waals surface area contributed by atoms with Crippen molar-refractivity contribution in [2.75, 3.05) is 20.8 Å². The van der Waals surface area contributed by atoms with Crippen molar-refractivity contribution < 1.29 is 23.4 Å². The van der Waals surface area contributed by atoms with Crippen LogP contribution in [0.25, 0.3) is 11.6 Å². The standard InChI is InChI=1S/C20H21FO4/c1-4-25-20(22)12-15(11-14-5-7-16(23-2)8-6-14)18-10-9-17(24-3)13-19(18)21/h5-11,13H,4,12H2,1-3H3. The molecule has 0 saturated carbocycles. The molecule has 0 aliphatic heterocycles. The number of halogens is 1. The molecule has 0 saturated heterocycles. The molecule has 0 amide bonds. The van der Waals surface area contributed by atoms with Crippen LogP contribution in [0.15, 0.2) is 42.5 Å². The van der Waals surface area contributed by atoms with Crippen molar-refractivity contribution in [3.63, 3.8) is 0 Å². The molecule has 4 nitrogen and oxygen atoms in total. The van der Waals surface area contributed by atoms with Gasteiger partial charge in [0.05, 0.1) is 27.2 Å². The van der Waals surface area contributed by atoms with Crippen LogP contribution in [0.3, 0.4) is 0 Å². The summed E-state index contributed by atoms with van der Waals surface area (Å²) >= 11 is 0. The van der Waals surface area contributed by atoms with Crippen LogP contribution < -0.4 is 9.47 Å². The zero-order chi connectivity index (χ0) is 18.2. The lowest BCUT2D eigenvalue weighted by molar-refractivity contribution is -0.141. The third kappa shape index (κ3) is 5.08. The molecule has 2 rings (SSSR count). The minimum atomic E-state index is -0.455. The Morgan fingerprint density at radius 2 is 1.68 bits per heavy atom.